The molecule has 5 nitrogen and oxygen atoms in total. The van der Waals surface area contributed by atoms with Crippen molar-refractivity contribution in [2.75, 3.05) is 12.3 Å². The van der Waals surface area contributed by atoms with E-state index in [4.69, 9.17) is 17.0 Å². The van der Waals surface area contributed by atoms with Gasteiger partial charge in [-0.25, -0.2) is 4.79 Å². The number of ether oxygens (including phenoxy) is 1. The zero-order valence-electron chi connectivity index (χ0n) is 10.2. The number of thiocarbonyl (C=S) groups is 1. The van der Waals surface area contributed by atoms with Crippen LogP contribution in [-0.4, -0.2) is 40.3 Å². The number of esters is 2. The summed E-state index contributed by atoms with van der Waals surface area (Å²) in [6.45, 7) is 3.67. The van der Waals surface area contributed by atoms with Gasteiger partial charge >= 0.3 is 11.9 Å². The third-order valence-corrected chi connectivity index (χ3v) is 3.93. The molecule has 1 N–H and O–H groups in total. The topological polar surface area (TPSA) is 72.5 Å². The molecular formula is C11H15NO4S2. The van der Waals surface area contributed by atoms with Crippen LogP contribution >= 0.6 is 24.0 Å². The van der Waals surface area contributed by atoms with Crippen molar-refractivity contribution in [3.8, 4) is 0 Å². The molecule has 18 heavy (non-hydrogen) atoms. The molecule has 0 aromatic carbocycles. The van der Waals surface area contributed by atoms with Crippen LogP contribution in [0.4, 0.5) is 0 Å². The zero-order valence-corrected chi connectivity index (χ0v) is 11.9. The molecule has 0 aromatic rings. The molecule has 1 unspecified atom stereocenters. The summed E-state index contributed by atoms with van der Waals surface area (Å²) in [5.74, 6) is -1.46. The lowest BCUT2D eigenvalue weighted by atomic mass is 10.2. The number of thioether (sulfide) groups is 1. The summed E-state index contributed by atoms with van der Waals surface area (Å²) in [5, 5.41) is 2.80. The first-order valence-corrected chi connectivity index (χ1v) is 6.96. The minimum atomic E-state index is -0.656. The molecule has 1 heterocycles. The molecule has 0 radical (unpaired) electrons. The Balaban J connectivity index is 2.41. The molecule has 1 aliphatic rings. The Kier molecular flexibility index (Phi) is 5.90. The van der Waals surface area contributed by atoms with Gasteiger partial charge in [0.25, 0.3) is 0 Å². The van der Waals surface area contributed by atoms with Gasteiger partial charge in [-0.3, -0.25) is 14.9 Å². The highest BCUT2D eigenvalue weighted by Crippen LogP contribution is 2.12. The fourth-order valence-electron chi connectivity index (χ4n) is 1.38. The largest absolute Gasteiger partial charge is 0.391 e. The van der Waals surface area contributed by atoms with Gasteiger partial charge in [0.2, 0.25) is 0 Å². The number of nitrogens with one attached hydrogen (secondary N) is 1. The Hall–Kier alpha value is -0.790. The molecule has 0 bridgehead atoms. The molecule has 0 amide bonds. The molecule has 0 aliphatic carbocycles. The maximum atomic E-state index is 11.6. The number of hydrogen-bond donors (Lipinski definition) is 1. The van der Waals surface area contributed by atoms with Crippen LogP contribution in [-0.2, 0) is 19.1 Å². The minimum absolute atomic E-state index is 0.0698. The van der Waals surface area contributed by atoms with Gasteiger partial charge in [0.1, 0.15) is 6.04 Å². The van der Waals surface area contributed by atoms with Crippen LogP contribution in [0.1, 0.15) is 20.3 Å². The van der Waals surface area contributed by atoms with Crippen molar-refractivity contribution in [3.63, 3.8) is 0 Å². The van der Waals surface area contributed by atoms with Gasteiger partial charge in [-0.15, -0.1) is 0 Å². The number of rotatable bonds is 4. The van der Waals surface area contributed by atoms with E-state index in [9.17, 15) is 14.4 Å². The third kappa shape index (κ3) is 4.47. The summed E-state index contributed by atoms with van der Waals surface area (Å²) in [7, 11) is 0. The van der Waals surface area contributed by atoms with Crippen LogP contribution < -0.4 is 5.32 Å². The number of carbonyl (C=O) groups is 3. The Morgan fingerprint density at radius 2 is 2.22 bits per heavy atom. The first-order valence-electron chi connectivity index (χ1n) is 5.56. The average Bonchev–Trinajstić information content (AvgIpc) is 2.72. The Morgan fingerprint density at radius 3 is 2.72 bits per heavy atom. The van der Waals surface area contributed by atoms with E-state index in [2.05, 4.69) is 5.32 Å². The van der Waals surface area contributed by atoms with Crippen LogP contribution in [0.2, 0.25) is 0 Å². The van der Waals surface area contributed by atoms with Gasteiger partial charge in [0.15, 0.2) is 5.12 Å². The monoisotopic (exact) mass is 289 g/mol. The third-order valence-electron chi connectivity index (χ3n) is 2.42. The van der Waals surface area contributed by atoms with E-state index < -0.39 is 23.9 Å². The van der Waals surface area contributed by atoms with Crippen molar-refractivity contribution in [1.29, 1.82) is 0 Å². The lowest BCUT2D eigenvalue weighted by molar-refractivity contribution is -0.162. The van der Waals surface area contributed by atoms with Gasteiger partial charge < -0.3 is 4.74 Å². The average molecular weight is 289 g/mol. The summed E-state index contributed by atoms with van der Waals surface area (Å²) >= 11 is 6.03. The predicted molar refractivity (Wildman–Crippen MR) is 72.4 cm³/mol. The normalized spacial score (nSPS) is 20.6. The molecular weight excluding hydrogens is 274 g/mol. The molecule has 1 aliphatic heterocycles. The smallest absolute Gasteiger partial charge is 0.335 e. The number of carbonyl (C=O) groups excluding carboxylic acids is 3. The highest BCUT2D eigenvalue weighted by Gasteiger charge is 2.31. The van der Waals surface area contributed by atoms with Gasteiger partial charge in [-0.05, 0) is 6.42 Å². The SMILES string of the molecule is CC(=O)SCC(C)C(=O)OC(=O)[C@H]1NCCC1=S. The van der Waals surface area contributed by atoms with Crippen LogP contribution in [0.25, 0.3) is 0 Å². The molecule has 1 fully saturated rings. The van der Waals surface area contributed by atoms with Crippen molar-refractivity contribution < 1.29 is 19.1 Å². The highest BCUT2D eigenvalue weighted by molar-refractivity contribution is 8.13. The number of hydrogen-bond acceptors (Lipinski definition) is 7. The molecule has 0 saturated carbocycles. The Morgan fingerprint density at radius 1 is 1.56 bits per heavy atom. The predicted octanol–water partition coefficient (Wildman–Crippen LogP) is 0.704. The molecule has 1 saturated heterocycles. The maximum Gasteiger partial charge on any atom is 0.335 e. The summed E-state index contributed by atoms with van der Waals surface area (Å²) in [4.78, 5) is 34.6. The van der Waals surface area contributed by atoms with Gasteiger partial charge in [-0.1, -0.05) is 30.9 Å². The van der Waals surface area contributed by atoms with Gasteiger partial charge in [0.05, 0.1) is 5.92 Å². The fourth-order valence-corrected chi connectivity index (χ4v) is 2.28. The summed E-state index contributed by atoms with van der Waals surface area (Å²) < 4.78 is 4.75. The van der Waals surface area contributed by atoms with E-state index in [1.807, 2.05) is 0 Å². The van der Waals surface area contributed by atoms with E-state index >= 15 is 0 Å². The summed E-state index contributed by atoms with van der Waals surface area (Å²) in [5.41, 5.74) is 0. The second-order valence-corrected chi connectivity index (χ2v) is 5.77. The van der Waals surface area contributed by atoms with E-state index in [0.717, 1.165) is 11.8 Å². The van der Waals surface area contributed by atoms with Crippen molar-refractivity contribution >= 4 is 45.9 Å². The minimum Gasteiger partial charge on any atom is -0.391 e. The standard InChI is InChI=1S/C11H15NO4S2/c1-6(5-18-7(2)13)10(14)16-11(15)9-8(17)3-4-12-9/h6,9,12H,3-5H2,1-2H3/t6?,9-/m0/s1. The quantitative estimate of drug-likeness (QED) is 0.464. The molecule has 7 heteroatoms. The summed E-state index contributed by atoms with van der Waals surface area (Å²) in [6, 6.07) is -0.656. The lowest BCUT2D eigenvalue weighted by Gasteiger charge is -2.12. The second-order valence-electron chi connectivity index (χ2n) is 4.05. The van der Waals surface area contributed by atoms with Crippen LogP contribution in [0.15, 0.2) is 0 Å². The van der Waals surface area contributed by atoms with Crippen molar-refractivity contribution in [1.82, 2.24) is 5.32 Å². The van der Waals surface area contributed by atoms with Crippen LogP contribution in [0.3, 0.4) is 0 Å². The van der Waals surface area contributed by atoms with E-state index in [1.54, 1.807) is 6.92 Å². The fraction of sp³-hybridized carbons (Fsp3) is 0.636. The second kappa shape index (κ2) is 6.96. The van der Waals surface area contributed by atoms with Crippen LogP contribution in [0.5, 0.6) is 0 Å². The van der Waals surface area contributed by atoms with Crippen molar-refractivity contribution in [2.24, 2.45) is 5.92 Å². The molecule has 100 valence electrons. The van der Waals surface area contributed by atoms with Crippen molar-refractivity contribution in [2.45, 2.75) is 26.3 Å². The van der Waals surface area contributed by atoms with E-state index in [1.165, 1.54) is 6.92 Å². The Bertz CT molecular complexity index is 383. The highest BCUT2D eigenvalue weighted by atomic mass is 32.2. The maximum absolute atomic E-state index is 11.6. The van der Waals surface area contributed by atoms with E-state index in [0.29, 0.717) is 23.6 Å². The Labute approximate surface area is 115 Å². The first kappa shape index (κ1) is 15.3. The summed E-state index contributed by atoms with van der Waals surface area (Å²) in [6.07, 6.45) is 0.638. The van der Waals surface area contributed by atoms with E-state index in [-0.39, 0.29) is 5.12 Å². The molecule has 2 atom stereocenters. The molecule has 0 aromatic heterocycles. The molecule has 1 rings (SSSR count). The van der Waals surface area contributed by atoms with Gasteiger partial charge in [-0.2, -0.15) is 0 Å². The first-order chi connectivity index (χ1) is 8.41. The van der Waals surface area contributed by atoms with Gasteiger partial charge in [0, 0.05) is 24.1 Å². The van der Waals surface area contributed by atoms with Crippen LogP contribution in [0, 0.1) is 5.92 Å². The lowest BCUT2D eigenvalue weighted by Crippen LogP contribution is -2.38. The van der Waals surface area contributed by atoms with Crippen molar-refractivity contribution in [3.05, 3.63) is 0 Å². The molecule has 0 spiro atoms. The zero-order chi connectivity index (χ0) is 13.7.